The molecular weight excluding hydrogens is 379 g/mol. The molecule has 0 radical (unpaired) electrons. The molecule has 0 amide bonds. The van der Waals surface area contributed by atoms with E-state index in [2.05, 4.69) is 22.6 Å². The van der Waals surface area contributed by atoms with E-state index < -0.39 is 6.10 Å². The van der Waals surface area contributed by atoms with Gasteiger partial charge in [-0.25, -0.2) is 0 Å². The highest BCUT2D eigenvalue weighted by Gasteiger charge is 2.19. The van der Waals surface area contributed by atoms with E-state index in [1.165, 1.54) is 0 Å². The second kappa shape index (κ2) is 6.66. The van der Waals surface area contributed by atoms with Crippen LogP contribution in [-0.4, -0.2) is 19.3 Å². The van der Waals surface area contributed by atoms with Gasteiger partial charge in [-0.1, -0.05) is 18.2 Å². The zero-order chi connectivity index (χ0) is 15.6. The molecule has 4 heteroatoms. The van der Waals surface area contributed by atoms with E-state index in [1.54, 1.807) is 14.2 Å². The fraction of sp³-hybridized carbons (Fsp3) is 0.294. The van der Waals surface area contributed by atoms with Crippen LogP contribution in [0.2, 0.25) is 0 Å². The van der Waals surface area contributed by atoms with E-state index in [0.29, 0.717) is 11.5 Å². The van der Waals surface area contributed by atoms with Gasteiger partial charge in [0, 0.05) is 3.57 Å². The van der Waals surface area contributed by atoms with Gasteiger partial charge in [-0.15, -0.1) is 0 Å². The van der Waals surface area contributed by atoms with Crippen LogP contribution in [0.5, 0.6) is 11.5 Å². The van der Waals surface area contributed by atoms with Crippen molar-refractivity contribution < 1.29 is 14.6 Å². The number of aliphatic hydroxyl groups is 1. The standard InChI is InChI=1S/C17H19IO3/c1-10-6-5-7-12(16(10)18)17(19)13-9-15(21-4)14(20-3)8-11(13)2/h5-9,17,19H,1-4H3. The van der Waals surface area contributed by atoms with Gasteiger partial charge in [0.05, 0.1) is 14.2 Å². The highest BCUT2D eigenvalue weighted by Crippen LogP contribution is 2.36. The first-order chi connectivity index (χ1) is 9.99. The molecule has 1 atom stereocenters. The van der Waals surface area contributed by atoms with Crippen molar-refractivity contribution in [1.29, 1.82) is 0 Å². The lowest BCUT2D eigenvalue weighted by Crippen LogP contribution is -2.06. The Labute approximate surface area is 139 Å². The Morgan fingerprint density at radius 1 is 0.952 bits per heavy atom. The maximum atomic E-state index is 10.8. The number of hydrogen-bond acceptors (Lipinski definition) is 3. The van der Waals surface area contributed by atoms with Crippen LogP contribution in [0.15, 0.2) is 30.3 Å². The molecule has 0 spiro atoms. The molecule has 0 aliphatic rings. The summed E-state index contributed by atoms with van der Waals surface area (Å²) in [6.45, 7) is 4.00. The molecule has 2 aromatic carbocycles. The van der Waals surface area contributed by atoms with Gasteiger partial charge in [0.1, 0.15) is 6.10 Å². The highest BCUT2D eigenvalue weighted by atomic mass is 127. The van der Waals surface area contributed by atoms with Crippen molar-refractivity contribution in [3.8, 4) is 11.5 Å². The van der Waals surface area contributed by atoms with Gasteiger partial charge >= 0.3 is 0 Å². The Bertz CT molecular complexity index is 653. The molecule has 1 N–H and O–H groups in total. The third-order valence-corrected chi connectivity index (χ3v) is 5.06. The smallest absolute Gasteiger partial charge is 0.161 e. The lowest BCUT2D eigenvalue weighted by Gasteiger charge is -2.19. The summed E-state index contributed by atoms with van der Waals surface area (Å²) in [5, 5.41) is 10.8. The number of aryl methyl sites for hydroxylation is 2. The Morgan fingerprint density at radius 3 is 2.19 bits per heavy atom. The highest BCUT2D eigenvalue weighted by molar-refractivity contribution is 14.1. The monoisotopic (exact) mass is 398 g/mol. The van der Waals surface area contributed by atoms with Crippen LogP contribution in [0.25, 0.3) is 0 Å². The number of methoxy groups -OCH3 is 2. The van der Waals surface area contributed by atoms with E-state index in [4.69, 9.17) is 9.47 Å². The second-order valence-electron chi connectivity index (χ2n) is 4.94. The average Bonchev–Trinajstić information content (AvgIpc) is 2.49. The SMILES string of the molecule is COc1cc(C)c(C(O)c2cccc(C)c2I)cc1OC. The molecule has 3 nitrogen and oxygen atoms in total. The van der Waals surface area contributed by atoms with Gasteiger partial charge in [0.15, 0.2) is 11.5 Å². The Hall–Kier alpha value is -1.27. The first-order valence-corrected chi connectivity index (χ1v) is 7.73. The predicted octanol–water partition coefficient (Wildman–Crippen LogP) is 4.01. The lowest BCUT2D eigenvalue weighted by molar-refractivity contribution is 0.217. The molecule has 0 aliphatic heterocycles. The molecule has 0 saturated heterocycles. The molecule has 0 bridgehead atoms. The average molecular weight is 398 g/mol. The molecule has 112 valence electrons. The van der Waals surface area contributed by atoms with E-state index >= 15 is 0 Å². The fourth-order valence-electron chi connectivity index (χ4n) is 2.34. The largest absolute Gasteiger partial charge is 0.493 e. The van der Waals surface area contributed by atoms with Crippen LogP contribution in [0.4, 0.5) is 0 Å². The maximum Gasteiger partial charge on any atom is 0.161 e. The van der Waals surface area contributed by atoms with E-state index in [9.17, 15) is 5.11 Å². The molecule has 0 saturated carbocycles. The minimum Gasteiger partial charge on any atom is -0.493 e. The summed E-state index contributed by atoms with van der Waals surface area (Å²) < 4.78 is 11.7. The number of hydrogen-bond donors (Lipinski definition) is 1. The summed E-state index contributed by atoms with van der Waals surface area (Å²) in [7, 11) is 3.21. The zero-order valence-electron chi connectivity index (χ0n) is 12.6. The van der Waals surface area contributed by atoms with Gasteiger partial charge in [-0.05, 0) is 70.8 Å². The van der Waals surface area contributed by atoms with Crippen LogP contribution < -0.4 is 9.47 Å². The topological polar surface area (TPSA) is 38.7 Å². The van der Waals surface area contributed by atoms with Gasteiger partial charge in [-0.2, -0.15) is 0 Å². The minimum atomic E-state index is -0.684. The third kappa shape index (κ3) is 3.16. The van der Waals surface area contributed by atoms with Crippen molar-refractivity contribution in [3.63, 3.8) is 0 Å². The predicted molar refractivity (Wildman–Crippen MR) is 92.2 cm³/mol. The normalized spacial score (nSPS) is 12.1. The summed E-state index contributed by atoms with van der Waals surface area (Å²) in [4.78, 5) is 0. The van der Waals surface area contributed by atoms with Crippen LogP contribution >= 0.6 is 22.6 Å². The fourth-order valence-corrected chi connectivity index (χ4v) is 2.99. The molecular formula is C17H19IO3. The minimum absolute atomic E-state index is 0.625. The summed E-state index contributed by atoms with van der Waals surface area (Å²) in [6, 6.07) is 9.69. The van der Waals surface area contributed by atoms with Gasteiger partial charge < -0.3 is 14.6 Å². The molecule has 21 heavy (non-hydrogen) atoms. The molecule has 2 rings (SSSR count). The van der Waals surface area contributed by atoms with E-state index in [1.807, 2.05) is 44.2 Å². The van der Waals surface area contributed by atoms with E-state index in [0.717, 1.165) is 25.8 Å². The summed E-state index contributed by atoms with van der Waals surface area (Å²) in [6.07, 6.45) is -0.684. The van der Waals surface area contributed by atoms with Crippen LogP contribution in [0.3, 0.4) is 0 Å². The molecule has 0 fully saturated rings. The number of rotatable bonds is 4. The zero-order valence-corrected chi connectivity index (χ0v) is 14.8. The van der Waals surface area contributed by atoms with Gasteiger partial charge in [0.2, 0.25) is 0 Å². The van der Waals surface area contributed by atoms with Crippen molar-refractivity contribution in [3.05, 3.63) is 56.2 Å². The summed E-state index contributed by atoms with van der Waals surface area (Å²) in [5.41, 5.74) is 3.87. The van der Waals surface area contributed by atoms with E-state index in [-0.39, 0.29) is 0 Å². The summed E-state index contributed by atoms with van der Waals surface area (Å²) in [5.74, 6) is 1.30. The first kappa shape index (κ1) is 16.1. The van der Waals surface area contributed by atoms with Gasteiger partial charge in [0.25, 0.3) is 0 Å². The van der Waals surface area contributed by atoms with Crippen LogP contribution in [0, 0.1) is 17.4 Å². The van der Waals surface area contributed by atoms with Crippen molar-refractivity contribution >= 4 is 22.6 Å². The molecule has 1 unspecified atom stereocenters. The number of halogens is 1. The van der Waals surface area contributed by atoms with Crippen LogP contribution in [0.1, 0.15) is 28.4 Å². The number of aliphatic hydroxyl groups excluding tert-OH is 1. The molecule has 0 aliphatic carbocycles. The van der Waals surface area contributed by atoms with Crippen molar-refractivity contribution in [1.82, 2.24) is 0 Å². The molecule has 2 aromatic rings. The maximum absolute atomic E-state index is 10.8. The number of ether oxygens (including phenoxy) is 2. The quantitative estimate of drug-likeness (QED) is 0.792. The van der Waals surface area contributed by atoms with Crippen molar-refractivity contribution in [2.45, 2.75) is 20.0 Å². The lowest BCUT2D eigenvalue weighted by atomic mass is 9.96. The second-order valence-corrected chi connectivity index (χ2v) is 6.02. The number of benzene rings is 2. The molecule has 0 aromatic heterocycles. The third-order valence-electron chi connectivity index (χ3n) is 3.58. The van der Waals surface area contributed by atoms with Crippen molar-refractivity contribution in [2.24, 2.45) is 0 Å². The summed E-state index contributed by atoms with van der Waals surface area (Å²) >= 11 is 2.27. The van der Waals surface area contributed by atoms with Crippen LogP contribution in [-0.2, 0) is 0 Å². The van der Waals surface area contributed by atoms with Crippen molar-refractivity contribution in [2.75, 3.05) is 14.2 Å². The molecule has 0 heterocycles. The van der Waals surface area contributed by atoms with Gasteiger partial charge in [-0.3, -0.25) is 0 Å². The Balaban J connectivity index is 2.53. The Kier molecular flexibility index (Phi) is 5.11. The Morgan fingerprint density at radius 2 is 1.57 bits per heavy atom. The first-order valence-electron chi connectivity index (χ1n) is 6.65.